The van der Waals surface area contributed by atoms with Gasteiger partial charge in [-0.15, -0.1) is 0 Å². The molecule has 5 unspecified atom stereocenters. The standard InChI is InChI=1S/C26H36F4/c1-2-3-4-5-17-6-7-19-15-20(9-8-18(19)14-17)21-10-12-23-22(16-21)11-13-24(25(23)27)26(28,29)30/h11,13,17-21H,2-10,12,14-16H2,1H3. The zero-order valence-corrected chi connectivity index (χ0v) is 18.2. The van der Waals surface area contributed by atoms with Crippen molar-refractivity contribution in [2.24, 2.45) is 29.6 Å². The van der Waals surface area contributed by atoms with Crippen molar-refractivity contribution in [1.29, 1.82) is 0 Å². The molecule has 4 rings (SSSR count). The van der Waals surface area contributed by atoms with Crippen LogP contribution in [-0.2, 0) is 19.0 Å². The van der Waals surface area contributed by atoms with Crippen LogP contribution in [0, 0.1) is 35.4 Å². The largest absolute Gasteiger partial charge is 0.419 e. The van der Waals surface area contributed by atoms with E-state index in [1.54, 1.807) is 6.07 Å². The fraction of sp³-hybridized carbons (Fsp3) is 0.769. The predicted octanol–water partition coefficient (Wildman–Crippen LogP) is 8.36. The van der Waals surface area contributed by atoms with Gasteiger partial charge in [-0.25, -0.2) is 4.39 Å². The van der Waals surface area contributed by atoms with E-state index in [4.69, 9.17) is 0 Å². The summed E-state index contributed by atoms with van der Waals surface area (Å²) in [5, 5.41) is 0. The van der Waals surface area contributed by atoms with Crippen LogP contribution in [0.25, 0.3) is 0 Å². The number of hydrogen-bond donors (Lipinski definition) is 0. The third-order valence-corrected chi connectivity index (χ3v) is 8.54. The van der Waals surface area contributed by atoms with Crippen LogP contribution < -0.4 is 0 Å². The summed E-state index contributed by atoms with van der Waals surface area (Å²) < 4.78 is 53.5. The van der Waals surface area contributed by atoms with E-state index in [9.17, 15) is 17.6 Å². The smallest absolute Gasteiger partial charge is 0.206 e. The highest BCUT2D eigenvalue weighted by molar-refractivity contribution is 5.37. The zero-order valence-electron chi connectivity index (χ0n) is 18.2. The second-order valence-electron chi connectivity index (χ2n) is 10.3. The number of benzene rings is 1. The molecule has 30 heavy (non-hydrogen) atoms. The van der Waals surface area contributed by atoms with Crippen molar-refractivity contribution in [3.05, 3.63) is 34.6 Å². The Balaban J connectivity index is 1.35. The molecule has 0 N–H and O–H groups in total. The number of fused-ring (bicyclic) bond motifs is 2. The molecule has 0 aromatic heterocycles. The maximum Gasteiger partial charge on any atom is 0.419 e. The van der Waals surface area contributed by atoms with E-state index in [1.165, 1.54) is 64.2 Å². The molecule has 0 radical (unpaired) electrons. The summed E-state index contributed by atoms with van der Waals surface area (Å²) in [4.78, 5) is 0. The Bertz CT molecular complexity index is 722. The summed E-state index contributed by atoms with van der Waals surface area (Å²) in [6, 6.07) is 2.49. The van der Waals surface area contributed by atoms with Gasteiger partial charge < -0.3 is 0 Å². The Morgan fingerprint density at radius 3 is 2.30 bits per heavy atom. The molecule has 2 saturated carbocycles. The maximum atomic E-state index is 14.5. The first-order chi connectivity index (χ1) is 14.4. The van der Waals surface area contributed by atoms with Crippen LogP contribution in [0.4, 0.5) is 17.6 Å². The van der Waals surface area contributed by atoms with Crippen molar-refractivity contribution in [2.75, 3.05) is 0 Å². The van der Waals surface area contributed by atoms with Crippen LogP contribution in [0.1, 0.15) is 94.2 Å². The number of unbranched alkanes of at least 4 members (excludes halogenated alkanes) is 2. The highest BCUT2D eigenvalue weighted by atomic mass is 19.4. The molecule has 4 heteroatoms. The monoisotopic (exact) mass is 424 g/mol. The van der Waals surface area contributed by atoms with Crippen molar-refractivity contribution in [3.63, 3.8) is 0 Å². The van der Waals surface area contributed by atoms with Gasteiger partial charge in [0.25, 0.3) is 0 Å². The van der Waals surface area contributed by atoms with E-state index >= 15 is 0 Å². The average molecular weight is 425 g/mol. The lowest BCUT2D eigenvalue weighted by Gasteiger charge is -2.45. The number of hydrogen-bond acceptors (Lipinski definition) is 0. The van der Waals surface area contributed by atoms with Gasteiger partial charge in [0.05, 0.1) is 5.56 Å². The molecule has 3 aliphatic carbocycles. The number of halogens is 4. The van der Waals surface area contributed by atoms with Gasteiger partial charge in [-0.2, -0.15) is 13.2 Å². The lowest BCUT2D eigenvalue weighted by molar-refractivity contribution is -0.140. The van der Waals surface area contributed by atoms with Crippen LogP contribution in [0.2, 0.25) is 0 Å². The molecule has 0 heterocycles. The van der Waals surface area contributed by atoms with Crippen LogP contribution >= 0.6 is 0 Å². The fourth-order valence-electron chi connectivity index (χ4n) is 6.85. The van der Waals surface area contributed by atoms with Gasteiger partial charge >= 0.3 is 6.18 Å². The molecule has 0 amide bonds. The molecule has 0 nitrogen and oxygen atoms in total. The predicted molar refractivity (Wildman–Crippen MR) is 113 cm³/mol. The Hall–Kier alpha value is -1.06. The molecular formula is C26H36F4. The SMILES string of the molecule is CCCCCC1CCC2CC(C3CCc4c(ccc(C(F)(F)F)c4F)C3)CCC2C1. The quantitative estimate of drug-likeness (QED) is 0.329. The summed E-state index contributed by atoms with van der Waals surface area (Å²) in [5.41, 5.74) is 0.0387. The highest BCUT2D eigenvalue weighted by Gasteiger charge is 2.40. The summed E-state index contributed by atoms with van der Waals surface area (Å²) in [7, 11) is 0. The first-order valence-corrected chi connectivity index (χ1v) is 12.2. The minimum atomic E-state index is -4.61. The van der Waals surface area contributed by atoms with Gasteiger partial charge in [-0.1, -0.05) is 45.1 Å². The van der Waals surface area contributed by atoms with E-state index in [1.807, 2.05) is 0 Å². The Morgan fingerprint density at radius 2 is 1.57 bits per heavy atom. The minimum Gasteiger partial charge on any atom is -0.206 e. The van der Waals surface area contributed by atoms with E-state index in [0.29, 0.717) is 23.8 Å². The normalized spacial score (nSPS) is 31.8. The fourth-order valence-corrected chi connectivity index (χ4v) is 6.85. The van der Waals surface area contributed by atoms with E-state index in [-0.39, 0.29) is 0 Å². The molecule has 1 aromatic carbocycles. The van der Waals surface area contributed by atoms with E-state index in [2.05, 4.69) is 6.92 Å². The second-order valence-corrected chi connectivity index (χ2v) is 10.3. The molecule has 0 bridgehead atoms. The molecule has 3 aliphatic rings. The third kappa shape index (κ3) is 4.72. The van der Waals surface area contributed by atoms with Crippen molar-refractivity contribution in [2.45, 2.75) is 96.6 Å². The Morgan fingerprint density at radius 1 is 0.867 bits per heavy atom. The van der Waals surface area contributed by atoms with Gasteiger partial charge in [0.2, 0.25) is 0 Å². The van der Waals surface area contributed by atoms with Gasteiger partial charge in [-0.3, -0.25) is 0 Å². The molecule has 0 spiro atoms. The molecular weight excluding hydrogens is 388 g/mol. The highest BCUT2D eigenvalue weighted by Crippen LogP contribution is 2.49. The number of alkyl halides is 3. The van der Waals surface area contributed by atoms with Crippen molar-refractivity contribution in [3.8, 4) is 0 Å². The molecule has 168 valence electrons. The van der Waals surface area contributed by atoms with Gasteiger partial charge in [0.1, 0.15) is 5.82 Å². The minimum absolute atomic E-state index is 0.322. The first kappa shape index (κ1) is 22.1. The van der Waals surface area contributed by atoms with E-state index < -0.39 is 17.6 Å². The van der Waals surface area contributed by atoms with E-state index in [0.717, 1.165) is 42.2 Å². The topological polar surface area (TPSA) is 0 Å². The van der Waals surface area contributed by atoms with Crippen molar-refractivity contribution < 1.29 is 17.6 Å². The molecule has 0 saturated heterocycles. The maximum absolute atomic E-state index is 14.5. The van der Waals surface area contributed by atoms with Crippen LogP contribution in [-0.4, -0.2) is 0 Å². The molecule has 1 aromatic rings. The second kappa shape index (κ2) is 9.20. The lowest BCUT2D eigenvalue weighted by Crippen LogP contribution is -2.35. The van der Waals surface area contributed by atoms with Crippen molar-refractivity contribution in [1.82, 2.24) is 0 Å². The van der Waals surface area contributed by atoms with Crippen molar-refractivity contribution >= 4 is 0 Å². The molecule has 2 fully saturated rings. The van der Waals surface area contributed by atoms with Crippen LogP contribution in [0.3, 0.4) is 0 Å². The first-order valence-electron chi connectivity index (χ1n) is 12.2. The summed E-state index contributed by atoms with van der Waals surface area (Å²) in [6.07, 6.45) is 10.9. The van der Waals surface area contributed by atoms with Gasteiger partial charge in [0.15, 0.2) is 0 Å². The summed E-state index contributed by atoms with van der Waals surface area (Å²) in [6.45, 7) is 2.27. The summed E-state index contributed by atoms with van der Waals surface area (Å²) in [5.74, 6) is 2.82. The van der Waals surface area contributed by atoms with Crippen LogP contribution in [0.15, 0.2) is 12.1 Å². The average Bonchev–Trinajstić information content (AvgIpc) is 2.72. The summed E-state index contributed by atoms with van der Waals surface area (Å²) >= 11 is 0. The Kier molecular flexibility index (Phi) is 6.79. The molecule has 5 atom stereocenters. The third-order valence-electron chi connectivity index (χ3n) is 8.54. The lowest BCUT2D eigenvalue weighted by atomic mass is 9.60. The number of rotatable bonds is 5. The van der Waals surface area contributed by atoms with Gasteiger partial charge in [-0.05, 0) is 98.1 Å². The van der Waals surface area contributed by atoms with Gasteiger partial charge in [0, 0.05) is 0 Å². The zero-order chi connectivity index (χ0) is 21.3. The van der Waals surface area contributed by atoms with Crippen LogP contribution in [0.5, 0.6) is 0 Å². The Labute approximate surface area is 178 Å². The molecule has 0 aliphatic heterocycles.